The molecule has 0 saturated heterocycles. The second-order valence-corrected chi connectivity index (χ2v) is 4.54. The third-order valence-electron chi connectivity index (χ3n) is 2.29. The van der Waals surface area contributed by atoms with E-state index in [4.69, 9.17) is 5.73 Å². The minimum absolute atomic E-state index is 0.0305. The first-order valence-electron chi connectivity index (χ1n) is 5.04. The third kappa shape index (κ3) is 2.62. The Kier molecular flexibility index (Phi) is 3.58. The summed E-state index contributed by atoms with van der Waals surface area (Å²) in [7, 11) is 1.93. The molecule has 1 aromatic heterocycles. The summed E-state index contributed by atoms with van der Waals surface area (Å²) >= 11 is 1.62. The Morgan fingerprint density at radius 1 is 1.38 bits per heavy atom. The lowest BCUT2D eigenvalue weighted by molar-refractivity contribution is 0.778. The van der Waals surface area contributed by atoms with E-state index in [2.05, 4.69) is 10.2 Å². The van der Waals surface area contributed by atoms with Crippen LogP contribution in [0, 0.1) is 0 Å². The van der Waals surface area contributed by atoms with Gasteiger partial charge in [0.05, 0.1) is 0 Å². The minimum atomic E-state index is 0.0305. The number of hydrogen-bond donors (Lipinski definition) is 1. The number of rotatable bonds is 4. The van der Waals surface area contributed by atoms with Gasteiger partial charge in [0.15, 0.2) is 5.16 Å². The second-order valence-electron chi connectivity index (χ2n) is 3.55. The zero-order valence-electron chi connectivity index (χ0n) is 9.08. The van der Waals surface area contributed by atoms with Crippen molar-refractivity contribution in [2.24, 2.45) is 12.8 Å². The standard InChI is InChI=1S/C11H14N4S/c1-15-8-13-14-11(15)16-7-10(12)9-5-3-2-4-6-9/h2-6,8,10H,7,12H2,1H3. The number of benzene rings is 1. The normalized spacial score (nSPS) is 12.6. The Morgan fingerprint density at radius 3 is 2.75 bits per heavy atom. The Bertz CT molecular complexity index is 440. The summed E-state index contributed by atoms with van der Waals surface area (Å²) in [4.78, 5) is 0. The summed E-state index contributed by atoms with van der Waals surface area (Å²) in [6.45, 7) is 0. The van der Waals surface area contributed by atoms with Crippen LogP contribution in [-0.4, -0.2) is 20.5 Å². The molecule has 4 nitrogen and oxygen atoms in total. The average Bonchev–Trinajstić information content (AvgIpc) is 2.73. The van der Waals surface area contributed by atoms with Crippen molar-refractivity contribution >= 4 is 11.8 Å². The van der Waals surface area contributed by atoms with Crippen molar-refractivity contribution in [1.82, 2.24) is 14.8 Å². The van der Waals surface area contributed by atoms with Gasteiger partial charge < -0.3 is 10.3 Å². The van der Waals surface area contributed by atoms with Gasteiger partial charge in [-0.25, -0.2) is 0 Å². The van der Waals surface area contributed by atoms with Gasteiger partial charge in [-0.2, -0.15) is 0 Å². The molecule has 16 heavy (non-hydrogen) atoms. The number of aryl methyl sites for hydroxylation is 1. The maximum atomic E-state index is 6.08. The lowest BCUT2D eigenvalue weighted by Crippen LogP contribution is -2.13. The highest BCUT2D eigenvalue weighted by molar-refractivity contribution is 7.99. The predicted octanol–water partition coefficient (Wildman–Crippen LogP) is 1.61. The van der Waals surface area contributed by atoms with Crippen LogP contribution in [0.15, 0.2) is 41.8 Å². The number of nitrogens with two attached hydrogens (primary N) is 1. The van der Waals surface area contributed by atoms with Crippen LogP contribution in [0.3, 0.4) is 0 Å². The molecule has 5 heteroatoms. The molecule has 84 valence electrons. The van der Waals surface area contributed by atoms with Gasteiger partial charge in [-0.1, -0.05) is 42.1 Å². The molecular weight excluding hydrogens is 220 g/mol. The second kappa shape index (κ2) is 5.14. The quantitative estimate of drug-likeness (QED) is 0.816. The summed E-state index contributed by atoms with van der Waals surface area (Å²) in [5.41, 5.74) is 7.23. The molecule has 0 aliphatic carbocycles. The molecule has 1 unspecified atom stereocenters. The van der Waals surface area contributed by atoms with Crippen LogP contribution in [0.25, 0.3) is 0 Å². The number of aromatic nitrogens is 3. The number of nitrogens with zero attached hydrogens (tertiary/aromatic N) is 3. The molecule has 0 fully saturated rings. The minimum Gasteiger partial charge on any atom is -0.323 e. The third-order valence-corrected chi connectivity index (χ3v) is 3.44. The molecular formula is C11H14N4S. The average molecular weight is 234 g/mol. The zero-order chi connectivity index (χ0) is 11.4. The van der Waals surface area contributed by atoms with Crippen LogP contribution in [-0.2, 0) is 7.05 Å². The van der Waals surface area contributed by atoms with E-state index in [1.54, 1.807) is 18.1 Å². The Hall–Kier alpha value is -1.33. The molecule has 2 rings (SSSR count). The fraction of sp³-hybridized carbons (Fsp3) is 0.273. The zero-order valence-corrected chi connectivity index (χ0v) is 9.89. The van der Waals surface area contributed by atoms with E-state index in [9.17, 15) is 0 Å². The Morgan fingerprint density at radius 2 is 2.12 bits per heavy atom. The van der Waals surface area contributed by atoms with Crippen molar-refractivity contribution in [3.05, 3.63) is 42.2 Å². The van der Waals surface area contributed by atoms with Gasteiger partial charge in [0.2, 0.25) is 0 Å². The highest BCUT2D eigenvalue weighted by atomic mass is 32.2. The van der Waals surface area contributed by atoms with Gasteiger partial charge in [0, 0.05) is 18.8 Å². The van der Waals surface area contributed by atoms with Crippen LogP contribution in [0.1, 0.15) is 11.6 Å². The fourth-order valence-electron chi connectivity index (χ4n) is 1.36. The van der Waals surface area contributed by atoms with Gasteiger partial charge in [-0.05, 0) is 5.56 Å². The van der Waals surface area contributed by atoms with Crippen LogP contribution in [0.5, 0.6) is 0 Å². The monoisotopic (exact) mass is 234 g/mol. The maximum absolute atomic E-state index is 6.08. The van der Waals surface area contributed by atoms with Crippen molar-refractivity contribution in [3.63, 3.8) is 0 Å². The van der Waals surface area contributed by atoms with Gasteiger partial charge in [0.1, 0.15) is 6.33 Å². The van der Waals surface area contributed by atoms with E-state index in [1.165, 1.54) is 0 Å². The van der Waals surface area contributed by atoms with Crippen LogP contribution >= 0.6 is 11.8 Å². The summed E-state index contributed by atoms with van der Waals surface area (Å²) < 4.78 is 1.89. The summed E-state index contributed by atoms with van der Waals surface area (Å²) in [6.07, 6.45) is 1.69. The lowest BCUT2D eigenvalue weighted by Gasteiger charge is -2.10. The van der Waals surface area contributed by atoms with Gasteiger partial charge in [0.25, 0.3) is 0 Å². The highest BCUT2D eigenvalue weighted by Crippen LogP contribution is 2.20. The van der Waals surface area contributed by atoms with Gasteiger partial charge in [-0.15, -0.1) is 10.2 Å². The predicted molar refractivity (Wildman–Crippen MR) is 65.1 cm³/mol. The molecule has 2 aromatic rings. The first-order chi connectivity index (χ1) is 7.77. The molecule has 1 atom stereocenters. The van der Waals surface area contributed by atoms with Crippen LogP contribution in [0.2, 0.25) is 0 Å². The van der Waals surface area contributed by atoms with E-state index in [0.717, 1.165) is 16.5 Å². The van der Waals surface area contributed by atoms with E-state index in [0.29, 0.717) is 0 Å². The first-order valence-corrected chi connectivity index (χ1v) is 6.03. The van der Waals surface area contributed by atoms with Gasteiger partial charge >= 0.3 is 0 Å². The molecule has 0 bridgehead atoms. The first kappa shape index (κ1) is 11.2. The van der Waals surface area contributed by atoms with Crippen molar-refractivity contribution in [2.75, 3.05) is 5.75 Å². The molecule has 0 spiro atoms. The largest absolute Gasteiger partial charge is 0.323 e. The number of thioether (sulfide) groups is 1. The van der Waals surface area contributed by atoms with Crippen LogP contribution in [0.4, 0.5) is 0 Å². The summed E-state index contributed by atoms with van der Waals surface area (Å²) in [6, 6.07) is 10.1. The molecule has 0 saturated carbocycles. The van der Waals surface area contributed by atoms with Crippen molar-refractivity contribution in [3.8, 4) is 0 Å². The van der Waals surface area contributed by atoms with E-state index in [1.807, 2.05) is 41.9 Å². The molecule has 0 aliphatic rings. The van der Waals surface area contributed by atoms with Crippen LogP contribution < -0.4 is 5.73 Å². The lowest BCUT2D eigenvalue weighted by atomic mass is 10.1. The summed E-state index contributed by atoms with van der Waals surface area (Å²) in [5, 5.41) is 8.72. The molecule has 0 amide bonds. The Labute approximate surface area is 98.9 Å². The molecule has 1 aromatic carbocycles. The van der Waals surface area contributed by atoms with Crippen molar-refractivity contribution in [2.45, 2.75) is 11.2 Å². The molecule has 0 aliphatic heterocycles. The molecule has 1 heterocycles. The van der Waals surface area contributed by atoms with E-state index >= 15 is 0 Å². The topological polar surface area (TPSA) is 56.7 Å². The van der Waals surface area contributed by atoms with Crippen molar-refractivity contribution < 1.29 is 0 Å². The van der Waals surface area contributed by atoms with Crippen molar-refractivity contribution in [1.29, 1.82) is 0 Å². The Balaban J connectivity index is 1.94. The SMILES string of the molecule is Cn1cnnc1SCC(N)c1ccccc1. The number of hydrogen-bond acceptors (Lipinski definition) is 4. The molecule has 0 radical (unpaired) electrons. The van der Waals surface area contributed by atoms with Gasteiger partial charge in [-0.3, -0.25) is 0 Å². The van der Waals surface area contributed by atoms with E-state index < -0.39 is 0 Å². The highest BCUT2D eigenvalue weighted by Gasteiger charge is 2.08. The fourth-order valence-corrected chi connectivity index (χ4v) is 2.24. The van der Waals surface area contributed by atoms with E-state index in [-0.39, 0.29) is 6.04 Å². The molecule has 2 N–H and O–H groups in total. The maximum Gasteiger partial charge on any atom is 0.190 e. The summed E-state index contributed by atoms with van der Waals surface area (Å²) in [5.74, 6) is 0.802. The smallest absolute Gasteiger partial charge is 0.190 e.